The van der Waals surface area contributed by atoms with Crippen LogP contribution in [0.3, 0.4) is 0 Å². The molecule has 1 atom stereocenters. The lowest BCUT2D eigenvalue weighted by atomic mass is 9.94. The molecule has 19 heavy (non-hydrogen) atoms. The van der Waals surface area contributed by atoms with Crippen molar-refractivity contribution in [2.45, 2.75) is 63.5 Å². The largest absolute Gasteiger partial charge is 0.388 e. The Balaban J connectivity index is 2.24. The molecule has 0 saturated heterocycles. The van der Waals surface area contributed by atoms with Crippen molar-refractivity contribution in [3.8, 4) is 0 Å². The van der Waals surface area contributed by atoms with E-state index in [0.717, 1.165) is 32.1 Å². The topological polar surface area (TPSA) is 70.6 Å². The van der Waals surface area contributed by atoms with Crippen LogP contribution in [-0.2, 0) is 4.74 Å². The van der Waals surface area contributed by atoms with Crippen LogP contribution in [0.1, 0.15) is 51.9 Å². The molecule has 0 bridgehead atoms. The van der Waals surface area contributed by atoms with Crippen LogP contribution < -0.4 is 10.6 Å². The monoisotopic (exact) mass is 272 g/mol. The van der Waals surface area contributed by atoms with Gasteiger partial charge in [0.25, 0.3) is 0 Å². The molecule has 0 aromatic heterocycles. The van der Waals surface area contributed by atoms with Gasteiger partial charge in [-0.3, -0.25) is 0 Å². The van der Waals surface area contributed by atoms with E-state index in [1.54, 1.807) is 7.11 Å². The molecule has 1 aliphatic rings. The van der Waals surface area contributed by atoms with Crippen LogP contribution in [0.25, 0.3) is 0 Å². The average molecular weight is 272 g/mol. The third kappa shape index (κ3) is 6.78. The summed E-state index contributed by atoms with van der Waals surface area (Å²) in [6.07, 6.45) is 6.81. The summed E-state index contributed by atoms with van der Waals surface area (Å²) in [6.45, 7) is 2.92. The zero-order valence-corrected chi connectivity index (χ0v) is 12.2. The van der Waals surface area contributed by atoms with E-state index in [1.807, 2.05) is 6.92 Å². The average Bonchev–Trinajstić information content (AvgIpc) is 2.59. The lowest BCUT2D eigenvalue weighted by molar-refractivity contribution is 0.0275. The fraction of sp³-hybridized carbons (Fsp3) is 0.929. The maximum Gasteiger partial charge on any atom is 0.315 e. The highest BCUT2D eigenvalue weighted by Gasteiger charge is 2.28. The van der Waals surface area contributed by atoms with E-state index in [4.69, 9.17) is 4.74 Å². The second-order valence-corrected chi connectivity index (χ2v) is 5.65. The Hall–Kier alpha value is -0.810. The van der Waals surface area contributed by atoms with Gasteiger partial charge in [0.15, 0.2) is 0 Å². The summed E-state index contributed by atoms with van der Waals surface area (Å²) >= 11 is 0. The Labute approximate surface area is 116 Å². The number of hydrogen-bond acceptors (Lipinski definition) is 3. The zero-order valence-electron chi connectivity index (χ0n) is 12.2. The van der Waals surface area contributed by atoms with Crippen LogP contribution >= 0.6 is 0 Å². The minimum atomic E-state index is -0.719. The highest BCUT2D eigenvalue weighted by Crippen LogP contribution is 2.26. The van der Waals surface area contributed by atoms with Gasteiger partial charge in [-0.1, -0.05) is 25.7 Å². The summed E-state index contributed by atoms with van der Waals surface area (Å²) in [7, 11) is 1.65. The molecule has 1 rings (SSSR count). The predicted molar refractivity (Wildman–Crippen MR) is 75.1 cm³/mol. The Bertz CT molecular complexity index is 263. The molecule has 2 amide bonds. The Kier molecular flexibility index (Phi) is 7.16. The first kappa shape index (κ1) is 16.2. The van der Waals surface area contributed by atoms with E-state index in [9.17, 15) is 9.90 Å². The normalized spacial score (nSPS) is 20.4. The lowest BCUT2D eigenvalue weighted by Gasteiger charge is -2.27. The van der Waals surface area contributed by atoms with Crippen molar-refractivity contribution in [2.75, 3.05) is 20.3 Å². The van der Waals surface area contributed by atoms with E-state index in [2.05, 4.69) is 10.6 Å². The standard InChI is InChI=1S/C14H28N2O3/c1-12(7-10-19-2)16-13(17)15-11-14(18)8-5-3-4-6-9-14/h12,18H,3-11H2,1-2H3,(H2,15,16,17). The Morgan fingerprint density at radius 3 is 2.53 bits per heavy atom. The maximum absolute atomic E-state index is 11.7. The minimum Gasteiger partial charge on any atom is -0.388 e. The second kappa shape index (κ2) is 8.38. The van der Waals surface area contributed by atoms with Gasteiger partial charge in [0, 0.05) is 26.3 Å². The molecule has 0 spiro atoms. The summed E-state index contributed by atoms with van der Waals surface area (Å²) in [5, 5.41) is 16.0. The lowest BCUT2D eigenvalue weighted by Crippen LogP contribution is -2.48. The van der Waals surface area contributed by atoms with Crippen molar-refractivity contribution in [1.29, 1.82) is 0 Å². The van der Waals surface area contributed by atoms with E-state index >= 15 is 0 Å². The number of aliphatic hydroxyl groups is 1. The van der Waals surface area contributed by atoms with Gasteiger partial charge in [-0.25, -0.2) is 4.79 Å². The molecular formula is C14H28N2O3. The van der Waals surface area contributed by atoms with Gasteiger partial charge in [-0.2, -0.15) is 0 Å². The molecule has 5 nitrogen and oxygen atoms in total. The number of carbonyl (C=O) groups excluding carboxylic acids is 1. The van der Waals surface area contributed by atoms with Crippen molar-refractivity contribution < 1.29 is 14.6 Å². The molecule has 0 aliphatic heterocycles. The molecule has 112 valence electrons. The fourth-order valence-electron chi connectivity index (χ4n) is 2.45. The van der Waals surface area contributed by atoms with Gasteiger partial charge in [-0.05, 0) is 26.2 Å². The molecule has 3 N–H and O–H groups in total. The number of ether oxygens (including phenoxy) is 1. The second-order valence-electron chi connectivity index (χ2n) is 5.65. The minimum absolute atomic E-state index is 0.0729. The van der Waals surface area contributed by atoms with Gasteiger partial charge in [-0.15, -0.1) is 0 Å². The van der Waals surface area contributed by atoms with Gasteiger partial charge in [0.1, 0.15) is 0 Å². The summed E-state index contributed by atoms with van der Waals surface area (Å²) < 4.78 is 4.97. The number of urea groups is 1. The van der Waals surface area contributed by atoms with Crippen molar-refractivity contribution in [3.63, 3.8) is 0 Å². The predicted octanol–water partition coefficient (Wildman–Crippen LogP) is 1.80. The quantitative estimate of drug-likeness (QED) is 0.646. The van der Waals surface area contributed by atoms with Crippen LogP contribution in [0.15, 0.2) is 0 Å². The van der Waals surface area contributed by atoms with E-state index in [0.29, 0.717) is 13.2 Å². The van der Waals surface area contributed by atoms with E-state index < -0.39 is 5.60 Å². The molecule has 5 heteroatoms. The van der Waals surface area contributed by atoms with Gasteiger partial charge in [0.05, 0.1) is 5.60 Å². The highest BCUT2D eigenvalue weighted by atomic mass is 16.5. The summed E-state index contributed by atoms with van der Waals surface area (Å²) in [4.78, 5) is 11.7. The SMILES string of the molecule is COCCC(C)NC(=O)NCC1(O)CCCCCC1. The molecule has 1 saturated carbocycles. The Morgan fingerprint density at radius 1 is 1.32 bits per heavy atom. The highest BCUT2D eigenvalue weighted by molar-refractivity contribution is 5.74. The van der Waals surface area contributed by atoms with Gasteiger partial charge in [0.2, 0.25) is 0 Å². The van der Waals surface area contributed by atoms with E-state index in [1.165, 1.54) is 12.8 Å². The number of nitrogens with one attached hydrogen (secondary N) is 2. The fourth-order valence-corrected chi connectivity index (χ4v) is 2.45. The molecule has 0 aromatic carbocycles. The van der Waals surface area contributed by atoms with Crippen molar-refractivity contribution in [1.82, 2.24) is 10.6 Å². The molecule has 0 aromatic rings. The van der Waals surface area contributed by atoms with Crippen LogP contribution in [0.5, 0.6) is 0 Å². The van der Waals surface area contributed by atoms with Crippen LogP contribution in [-0.4, -0.2) is 43.0 Å². The summed E-state index contributed by atoms with van der Waals surface area (Å²) in [6, 6.07) is -0.134. The first-order valence-corrected chi connectivity index (χ1v) is 7.31. The number of rotatable bonds is 6. The molecule has 0 radical (unpaired) electrons. The molecule has 1 aliphatic carbocycles. The molecule has 1 fully saturated rings. The number of hydrogen-bond donors (Lipinski definition) is 3. The van der Waals surface area contributed by atoms with Gasteiger partial charge >= 0.3 is 6.03 Å². The van der Waals surface area contributed by atoms with E-state index in [-0.39, 0.29) is 12.1 Å². The third-order valence-electron chi connectivity index (χ3n) is 3.74. The number of carbonyl (C=O) groups is 1. The number of amides is 2. The number of methoxy groups -OCH3 is 1. The molecular weight excluding hydrogens is 244 g/mol. The maximum atomic E-state index is 11.7. The zero-order chi connectivity index (χ0) is 14.1. The van der Waals surface area contributed by atoms with Crippen LogP contribution in [0, 0.1) is 0 Å². The molecule has 0 heterocycles. The van der Waals surface area contributed by atoms with Gasteiger partial charge < -0.3 is 20.5 Å². The van der Waals surface area contributed by atoms with Crippen molar-refractivity contribution in [2.24, 2.45) is 0 Å². The Morgan fingerprint density at radius 2 is 1.95 bits per heavy atom. The van der Waals surface area contributed by atoms with Crippen molar-refractivity contribution in [3.05, 3.63) is 0 Å². The first-order valence-electron chi connectivity index (χ1n) is 7.31. The summed E-state index contributed by atoms with van der Waals surface area (Å²) in [5.41, 5.74) is -0.719. The molecule has 1 unspecified atom stereocenters. The van der Waals surface area contributed by atoms with Crippen LogP contribution in [0.2, 0.25) is 0 Å². The van der Waals surface area contributed by atoms with Crippen LogP contribution in [0.4, 0.5) is 4.79 Å². The van der Waals surface area contributed by atoms with Crippen molar-refractivity contribution >= 4 is 6.03 Å². The summed E-state index contributed by atoms with van der Waals surface area (Å²) in [5.74, 6) is 0. The smallest absolute Gasteiger partial charge is 0.315 e. The first-order chi connectivity index (χ1) is 9.06. The third-order valence-corrected chi connectivity index (χ3v) is 3.74.